The Kier molecular flexibility index (Phi) is 8.24. The second-order valence-corrected chi connectivity index (χ2v) is 7.94. The van der Waals surface area contributed by atoms with Gasteiger partial charge in [-0.1, -0.05) is 18.2 Å². The third-order valence-electron chi connectivity index (χ3n) is 3.91. The van der Waals surface area contributed by atoms with Gasteiger partial charge in [-0.15, -0.1) is 0 Å². The molecule has 0 aliphatic carbocycles. The molecular weight excluding hydrogens is 436 g/mol. The number of benzene rings is 2. The molecule has 0 saturated carbocycles. The number of para-hydroxylation sites is 1. The molecule has 2 rings (SSSR count). The van der Waals surface area contributed by atoms with E-state index in [1.807, 2.05) is 4.72 Å². The minimum atomic E-state index is -4.55. The van der Waals surface area contributed by atoms with E-state index in [9.17, 15) is 22.0 Å². The maximum absolute atomic E-state index is 14.4. The number of amides is 1. The lowest BCUT2D eigenvalue weighted by Crippen LogP contribution is -2.45. The van der Waals surface area contributed by atoms with Crippen molar-refractivity contribution in [2.45, 2.75) is 23.8 Å². The van der Waals surface area contributed by atoms with Crippen LogP contribution in [0.15, 0.2) is 52.4 Å². The number of guanidine groups is 1. The van der Waals surface area contributed by atoms with Gasteiger partial charge in [0, 0.05) is 6.54 Å². The van der Waals surface area contributed by atoms with Crippen molar-refractivity contribution >= 4 is 21.9 Å². The van der Waals surface area contributed by atoms with Crippen LogP contribution in [-0.4, -0.2) is 38.1 Å². The van der Waals surface area contributed by atoms with E-state index >= 15 is 0 Å². The largest absolute Gasteiger partial charge is 0.451 e. The SMILES string of the molecule is NC(N)=NCCC[C@@H](NS(=O)(=O)c1cc(F)c(Oc2ccccc2)c(F)c1)C(=O)NO. The van der Waals surface area contributed by atoms with Gasteiger partial charge in [0.2, 0.25) is 10.0 Å². The number of hydroxylamine groups is 1. The Morgan fingerprint density at radius 3 is 2.32 bits per heavy atom. The number of nitrogens with one attached hydrogen (secondary N) is 2. The van der Waals surface area contributed by atoms with Gasteiger partial charge in [-0.05, 0) is 37.1 Å². The van der Waals surface area contributed by atoms with Gasteiger partial charge in [0.25, 0.3) is 5.91 Å². The van der Waals surface area contributed by atoms with E-state index in [4.69, 9.17) is 21.4 Å². The standard InChI is InChI=1S/C18H21F2N5O5S/c19-13-9-12(10-14(20)16(13)30-11-5-2-1-3-6-11)31(28,29)25-15(17(26)24-27)7-4-8-23-18(21)22/h1-3,5-6,9-10,15,25,27H,4,7-8H2,(H,24,26)(H4,21,22,23)/t15-/m1/s1. The van der Waals surface area contributed by atoms with Crippen LogP contribution in [0.1, 0.15) is 12.8 Å². The molecule has 0 spiro atoms. The number of halogens is 2. The smallest absolute Gasteiger partial charge is 0.261 e. The number of nitrogens with two attached hydrogens (primary N) is 2. The Balaban J connectivity index is 2.22. The summed E-state index contributed by atoms with van der Waals surface area (Å²) in [5.74, 6) is -4.42. The first kappa shape index (κ1) is 24.0. The van der Waals surface area contributed by atoms with Crippen LogP contribution in [0, 0.1) is 11.6 Å². The fourth-order valence-corrected chi connectivity index (χ4v) is 3.73. The Bertz CT molecular complexity index is 1020. The number of carbonyl (C=O) groups is 1. The number of hydrogen-bond acceptors (Lipinski definition) is 6. The second kappa shape index (κ2) is 10.7. The van der Waals surface area contributed by atoms with Crippen LogP contribution in [0.25, 0.3) is 0 Å². The number of rotatable bonds is 10. The minimum Gasteiger partial charge on any atom is -0.451 e. The molecule has 31 heavy (non-hydrogen) atoms. The highest BCUT2D eigenvalue weighted by molar-refractivity contribution is 7.89. The maximum Gasteiger partial charge on any atom is 0.261 e. The Labute approximate surface area is 176 Å². The molecule has 1 amide bonds. The van der Waals surface area contributed by atoms with Crippen molar-refractivity contribution in [1.82, 2.24) is 10.2 Å². The highest BCUT2D eigenvalue weighted by Gasteiger charge is 2.27. The summed E-state index contributed by atoms with van der Waals surface area (Å²) < 4.78 is 61.0. The summed E-state index contributed by atoms with van der Waals surface area (Å²) in [4.78, 5) is 14.7. The molecule has 1 atom stereocenters. The fraction of sp³-hybridized carbons (Fsp3) is 0.222. The number of sulfonamides is 1. The molecule has 13 heteroatoms. The number of carbonyl (C=O) groups excluding carboxylic acids is 1. The summed E-state index contributed by atoms with van der Waals surface area (Å²) in [6, 6.07) is 7.44. The molecule has 0 unspecified atom stereocenters. The first-order valence-electron chi connectivity index (χ1n) is 8.87. The van der Waals surface area contributed by atoms with Crippen LogP contribution in [0.2, 0.25) is 0 Å². The zero-order valence-corrected chi connectivity index (χ0v) is 16.9. The predicted octanol–water partition coefficient (Wildman–Crippen LogP) is 0.963. The van der Waals surface area contributed by atoms with Crippen LogP contribution in [-0.2, 0) is 14.8 Å². The molecule has 0 saturated heterocycles. The normalized spacial score (nSPS) is 12.1. The van der Waals surface area contributed by atoms with E-state index in [0.717, 1.165) is 0 Å². The number of aliphatic imine (C=N–C) groups is 1. The van der Waals surface area contributed by atoms with Crippen LogP contribution in [0.3, 0.4) is 0 Å². The monoisotopic (exact) mass is 457 g/mol. The van der Waals surface area contributed by atoms with Gasteiger partial charge in [0.15, 0.2) is 23.3 Å². The van der Waals surface area contributed by atoms with Gasteiger partial charge >= 0.3 is 0 Å². The number of nitrogens with zero attached hydrogens (tertiary/aromatic N) is 1. The summed E-state index contributed by atoms with van der Waals surface area (Å²) in [5.41, 5.74) is 11.7. The van der Waals surface area contributed by atoms with Crippen molar-refractivity contribution in [3.8, 4) is 11.5 Å². The van der Waals surface area contributed by atoms with Gasteiger partial charge in [-0.2, -0.15) is 4.72 Å². The van der Waals surface area contributed by atoms with Crippen molar-refractivity contribution in [2.75, 3.05) is 6.54 Å². The topological polar surface area (TPSA) is 169 Å². The lowest BCUT2D eigenvalue weighted by Gasteiger charge is -2.17. The van der Waals surface area contributed by atoms with E-state index < -0.39 is 44.3 Å². The molecule has 0 aliphatic heterocycles. The average molecular weight is 457 g/mol. The molecule has 10 nitrogen and oxygen atoms in total. The molecule has 168 valence electrons. The molecule has 2 aromatic rings. The van der Waals surface area contributed by atoms with Gasteiger partial charge in [0.05, 0.1) is 4.90 Å². The molecule has 2 aromatic carbocycles. The van der Waals surface area contributed by atoms with E-state index in [1.165, 1.54) is 17.6 Å². The van der Waals surface area contributed by atoms with Gasteiger partial charge in [-0.3, -0.25) is 15.0 Å². The van der Waals surface area contributed by atoms with E-state index in [-0.39, 0.29) is 31.1 Å². The Morgan fingerprint density at radius 2 is 1.77 bits per heavy atom. The predicted molar refractivity (Wildman–Crippen MR) is 107 cm³/mol. The molecule has 0 bridgehead atoms. The summed E-state index contributed by atoms with van der Waals surface area (Å²) in [7, 11) is -4.55. The first-order valence-corrected chi connectivity index (χ1v) is 10.4. The van der Waals surface area contributed by atoms with E-state index in [0.29, 0.717) is 12.1 Å². The molecule has 7 N–H and O–H groups in total. The molecular formula is C18H21F2N5O5S. The Hall–Kier alpha value is -3.29. The van der Waals surface area contributed by atoms with Gasteiger partial charge in [-0.25, -0.2) is 22.7 Å². The summed E-state index contributed by atoms with van der Waals surface area (Å²) in [5, 5.41) is 8.84. The van der Waals surface area contributed by atoms with Gasteiger partial charge in [0.1, 0.15) is 11.8 Å². The molecule has 0 aromatic heterocycles. The van der Waals surface area contributed by atoms with Gasteiger partial charge < -0.3 is 16.2 Å². The average Bonchev–Trinajstić information content (AvgIpc) is 2.72. The minimum absolute atomic E-state index is 0.0913. The highest BCUT2D eigenvalue weighted by atomic mass is 32.2. The third kappa shape index (κ3) is 6.87. The zero-order valence-electron chi connectivity index (χ0n) is 16.1. The zero-order chi connectivity index (χ0) is 23.0. The first-order chi connectivity index (χ1) is 14.6. The van der Waals surface area contributed by atoms with Crippen LogP contribution >= 0.6 is 0 Å². The molecule has 0 heterocycles. The quantitative estimate of drug-likeness (QED) is 0.116. The highest BCUT2D eigenvalue weighted by Crippen LogP contribution is 2.30. The molecule has 0 aliphatic rings. The summed E-state index contributed by atoms with van der Waals surface area (Å²) in [6.07, 6.45) is 0.0631. The van der Waals surface area contributed by atoms with Crippen LogP contribution in [0.5, 0.6) is 11.5 Å². The Morgan fingerprint density at radius 1 is 1.16 bits per heavy atom. The van der Waals surface area contributed by atoms with Crippen LogP contribution in [0.4, 0.5) is 8.78 Å². The van der Waals surface area contributed by atoms with E-state index in [2.05, 4.69) is 4.99 Å². The number of hydrogen-bond donors (Lipinski definition) is 5. The number of ether oxygens (including phenoxy) is 1. The maximum atomic E-state index is 14.4. The van der Waals surface area contributed by atoms with Crippen molar-refractivity contribution in [1.29, 1.82) is 0 Å². The molecule has 0 radical (unpaired) electrons. The third-order valence-corrected chi connectivity index (χ3v) is 5.37. The van der Waals surface area contributed by atoms with E-state index in [1.54, 1.807) is 18.2 Å². The second-order valence-electron chi connectivity index (χ2n) is 6.23. The lowest BCUT2D eigenvalue weighted by molar-refractivity contribution is -0.131. The lowest BCUT2D eigenvalue weighted by atomic mass is 10.1. The molecule has 0 fully saturated rings. The fourth-order valence-electron chi connectivity index (χ4n) is 2.48. The summed E-state index contributed by atoms with van der Waals surface area (Å²) >= 11 is 0. The van der Waals surface area contributed by atoms with Crippen molar-refractivity contribution in [3.63, 3.8) is 0 Å². The summed E-state index contributed by atoms with van der Waals surface area (Å²) in [6.45, 7) is 0.0913. The van der Waals surface area contributed by atoms with Crippen LogP contribution < -0.4 is 26.4 Å². The van der Waals surface area contributed by atoms with Crippen molar-refractivity contribution < 1.29 is 31.9 Å². The van der Waals surface area contributed by atoms with Crippen molar-refractivity contribution in [2.24, 2.45) is 16.5 Å². The van der Waals surface area contributed by atoms with Crippen molar-refractivity contribution in [3.05, 3.63) is 54.1 Å².